The predicted octanol–water partition coefficient (Wildman–Crippen LogP) is 3.52. The van der Waals surface area contributed by atoms with Gasteiger partial charge >= 0.3 is 5.97 Å². The first-order valence-electron chi connectivity index (χ1n) is 5.28. The van der Waals surface area contributed by atoms with Gasteiger partial charge in [-0.1, -0.05) is 18.2 Å². The fourth-order valence-corrected chi connectivity index (χ4v) is 2.92. The van der Waals surface area contributed by atoms with Gasteiger partial charge in [-0.05, 0) is 26.7 Å². The molecule has 0 radical (unpaired) electrons. The molecule has 1 rings (SSSR count). The van der Waals surface area contributed by atoms with Crippen LogP contribution >= 0.6 is 23.1 Å². The Morgan fingerprint density at radius 3 is 2.88 bits per heavy atom. The Labute approximate surface area is 104 Å². The summed E-state index contributed by atoms with van der Waals surface area (Å²) in [6.45, 7) is 3.56. The molecule has 0 aliphatic carbocycles. The summed E-state index contributed by atoms with van der Waals surface area (Å²) >= 11 is 3.40. The van der Waals surface area contributed by atoms with Gasteiger partial charge in [0.15, 0.2) is 0 Å². The number of carboxylic acid groups (broad SMARTS) is 1. The van der Waals surface area contributed by atoms with Crippen molar-refractivity contribution in [1.29, 1.82) is 0 Å². The average molecular weight is 259 g/mol. The van der Waals surface area contributed by atoms with Crippen LogP contribution in [0.5, 0.6) is 0 Å². The standard InChI is InChI=1S/C11H17NO2S2/c1-11(2,9(13)14)5-3-4-7-15-10-12-6-8-16-10/h6,8H,3-5,7H2,1-2H3,(H,13,14). The lowest BCUT2D eigenvalue weighted by atomic mass is 9.88. The molecule has 0 fully saturated rings. The first kappa shape index (κ1) is 13.5. The van der Waals surface area contributed by atoms with Crippen LogP contribution in [0, 0.1) is 5.41 Å². The summed E-state index contributed by atoms with van der Waals surface area (Å²) in [4.78, 5) is 15.0. The van der Waals surface area contributed by atoms with Gasteiger partial charge < -0.3 is 5.11 Å². The molecular weight excluding hydrogens is 242 g/mol. The van der Waals surface area contributed by atoms with Crippen molar-refractivity contribution in [2.24, 2.45) is 5.41 Å². The number of rotatable bonds is 7. The number of aromatic nitrogens is 1. The normalized spacial score (nSPS) is 11.6. The van der Waals surface area contributed by atoms with E-state index in [9.17, 15) is 4.79 Å². The van der Waals surface area contributed by atoms with Gasteiger partial charge in [0, 0.05) is 17.3 Å². The van der Waals surface area contributed by atoms with Crippen LogP contribution in [-0.4, -0.2) is 21.8 Å². The van der Waals surface area contributed by atoms with Crippen LogP contribution in [-0.2, 0) is 4.79 Å². The summed E-state index contributed by atoms with van der Waals surface area (Å²) in [5.74, 6) is 0.309. The molecule has 0 saturated heterocycles. The van der Waals surface area contributed by atoms with Gasteiger partial charge in [-0.3, -0.25) is 4.79 Å². The van der Waals surface area contributed by atoms with Crippen molar-refractivity contribution < 1.29 is 9.90 Å². The van der Waals surface area contributed by atoms with Gasteiger partial charge in [0.05, 0.1) is 5.41 Å². The number of aliphatic carboxylic acids is 1. The average Bonchev–Trinajstić information content (AvgIpc) is 2.69. The maximum atomic E-state index is 10.9. The molecule has 1 aromatic rings. The number of unbranched alkanes of at least 4 members (excludes halogenated alkanes) is 1. The Bertz CT molecular complexity index is 323. The molecule has 0 aliphatic heterocycles. The Balaban J connectivity index is 2.10. The Morgan fingerprint density at radius 1 is 1.56 bits per heavy atom. The molecule has 1 N–H and O–H groups in total. The highest BCUT2D eigenvalue weighted by Gasteiger charge is 2.25. The van der Waals surface area contributed by atoms with E-state index in [1.54, 1.807) is 43.1 Å². The highest BCUT2D eigenvalue weighted by molar-refractivity contribution is 8.00. The maximum Gasteiger partial charge on any atom is 0.309 e. The molecular formula is C11H17NO2S2. The molecule has 0 atom stereocenters. The molecule has 0 aromatic carbocycles. The first-order chi connectivity index (χ1) is 7.52. The van der Waals surface area contributed by atoms with E-state index < -0.39 is 11.4 Å². The molecule has 16 heavy (non-hydrogen) atoms. The number of thioether (sulfide) groups is 1. The lowest BCUT2D eigenvalue weighted by molar-refractivity contribution is -0.147. The maximum absolute atomic E-state index is 10.9. The zero-order valence-electron chi connectivity index (χ0n) is 9.60. The van der Waals surface area contributed by atoms with Crippen molar-refractivity contribution >= 4 is 29.1 Å². The summed E-state index contributed by atoms with van der Waals surface area (Å²) < 4.78 is 1.09. The molecule has 1 aromatic heterocycles. The Kier molecular flexibility index (Phi) is 5.28. The topological polar surface area (TPSA) is 50.2 Å². The van der Waals surface area contributed by atoms with Gasteiger partial charge in [-0.15, -0.1) is 11.3 Å². The molecule has 0 unspecified atom stereocenters. The SMILES string of the molecule is CC(C)(CCCCSc1nccs1)C(=O)O. The largest absolute Gasteiger partial charge is 0.481 e. The van der Waals surface area contributed by atoms with Gasteiger partial charge in [0.1, 0.15) is 4.34 Å². The number of carboxylic acids is 1. The quantitative estimate of drug-likeness (QED) is 0.601. The van der Waals surface area contributed by atoms with Gasteiger partial charge in [0.2, 0.25) is 0 Å². The number of thiazole rings is 1. The minimum absolute atomic E-state index is 0.591. The van der Waals surface area contributed by atoms with E-state index in [0.29, 0.717) is 0 Å². The molecule has 0 saturated carbocycles. The molecule has 0 amide bonds. The van der Waals surface area contributed by atoms with E-state index in [4.69, 9.17) is 5.11 Å². The third-order valence-electron chi connectivity index (χ3n) is 2.41. The van der Waals surface area contributed by atoms with Crippen molar-refractivity contribution in [1.82, 2.24) is 4.98 Å². The number of hydrogen-bond donors (Lipinski definition) is 1. The summed E-state index contributed by atoms with van der Waals surface area (Å²) in [7, 11) is 0. The molecule has 5 heteroatoms. The Hall–Kier alpha value is -0.550. The minimum atomic E-state index is -0.708. The lowest BCUT2D eigenvalue weighted by Gasteiger charge is -2.18. The highest BCUT2D eigenvalue weighted by atomic mass is 32.2. The fraction of sp³-hybridized carbons (Fsp3) is 0.636. The summed E-state index contributed by atoms with van der Waals surface area (Å²) in [6.07, 6.45) is 4.54. The molecule has 0 aliphatic rings. The van der Waals surface area contributed by atoms with Gasteiger partial charge in [-0.25, -0.2) is 4.98 Å². The van der Waals surface area contributed by atoms with Crippen LogP contribution in [0.3, 0.4) is 0 Å². The fourth-order valence-electron chi connectivity index (χ4n) is 1.22. The zero-order chi connectivity index (χ0) is 12.0. The second kappa shape index (κ2) is 6.25. The van der Waals surface area contributed by atoms with Gasteiger partial charge in [0.25, 0.3) is 0 Å². The smallest absolute Gasteiger partial charge is 0.309 e. The molecule has 0 bridgehead atoms. The second-order valence-electron chi connectivity index (χ2n) is 4.29. The van der Waals surface area contributed by atoms with Crippen molar-refractivity contribution in [3.8, 4) is 0 Å². The van der Waals surface area contributed by atoms with E-state index in [2.05, 4.69) is 4.98 Å². The van der Waals surface area contributed by atoms with Crippen LogP contribution in [0.4, 0.5) is 0 Å². The van der Waals surface area contributed by atoms with Crippen LogP contribution in [0.2, 0.25) is 0 Å². The van der Waals surface area contributed by atoms with Crippen LogP contribution in [0.15, 0.2) is 15.9 Å². The van der Waals surface area contributed by atoms with E-state index in [1.165, 1.54) is 0 Å². The number of carbonyl (C=O) groups is 1. The van der Waals surface area contributed by atoms with E-state index in [1.807, 2.05) is 5.38 Å². The van der Waals surface area contributed by atoms with Crippen molar-refractivity contribution in [3.63, 3.8) is 0 Å². The van der Waals surface area contributed by atoms with Gasteiger partial charge in [-0.2, -0.15) is 0 Å². The third-order valence-corrected chi connectivity index (χ3v) is 4.46. The predicted molar refractivity (Wildman–Crippen MR) is 68.1 cm³/mol. The molecule has 1 heterocycles. The highest BCUT2D eigenvalue weighted by Crippen LogP contribution is 2.26. The Morgan fingerprint density at radius 2 is 2.31 bits per heavy atom. The molecule has 90 valence electrons. The number of hydrogen-bond acceptors (Lipinski definition) is 4. The minimum Gasteiger partial charge on any atom is -0.481 e. The molecule has 3 nitrogen and oxygen atoms in total. The third kappa shape index (κ3) is 4.53. The van der Waals surface area contributed by atoms with Crippen molar-refractivity contribution in [3.05, 3.63) is 11.6 Å². The zero-order valence-corrected chi connectivity index (χ0v) is 11.2. The van der Waals surface area contributed by atoms with Crippen molar-refractivity contribution in [2.75, 3.05) is 5.75 Å². The van der Waals surface area contributed by atoms with Crippen LogP contribution in [0.1, 0.15) is 33.1 Å². The van der Waals surface area contributed by atoms with Crippen molar-refractivity contribution in [2.45, 2.75) is 37.4 Å². The lowest BCUT2D eigenvalue weighted by Crippen LogP contribution is -2.23. The van der Waals surface area contributed by atoms with E-state index in [0.717, 1.165) is 29.4 Å². The van der Waals surface area contributed by atoms with Crippen LogP contribution < -0.4 is 0 Å². The van der Waals surface area contributed by atoms with E-state index >= 15 is 0 Å². The summed E-state index contributed by atoms with van der Waals surface area (Å²) in [5, 5.41) is 10.9. The molecule has 0 spiro atoms. The van der Waals surface area contributed by atoms with E-state index in [-0.39, 0.29) is 0 Å². The summed E-state index contributed by atoms with van der Waals surface area (Å²) in [5.41, 5.74) is -0.591. The monoisotopic (exact) mass is 259 g/mol. The first-order valence-corrected chi connectivity index (χ1v) is 7.14. The number of nitrogens with zero attached hydrogens (tertiary/aromatic N) is 1. The van der Waals surface area contributed by atoms with Crippen LogP contribution in [0.25, 0.3) is 0 Å². The second-order valence-corrected chi connectivity index (χ2v) is 6.53. The summed E-state index contributed by atoms with van der Waals surface area (Å²) in [6, 6.07) is 0.